The van der Waals surface area contributed by atoms with Crippen LogP contribution in [0.25, 0.3) is 11.2 Å². The summed E-state index contributed by atoms with van der Waals surface area (Å²) in [5.41, 5.74) is 3.19. The molecule has 0 saturated heterocycles. The fourth-order valence-electron chi connectivity index (χ4n) is 3.34. The number of alkyl halides is 1. The van der Waals surface area contributed by atoms with Gasteiger partial charge in [-0.25, -0.2) is 9.67 Å². The van der Waals surface area contributed by atoms with Crippen molar-refractivity contribution in [1.82, 2.24) is 19.3 Å². The van der Waals surface area contributed by atoms with Crippen LogP contribution in [-0.2, 0) is 12.4 Å². The summed E-state index contributed by atoms with van der Waals surface area (Å²) in [4.78, 5) is 4.72. The molecule has 2 atom stereocenters. The van der Waals surface area contributed by atoms with Gasteiger partial charge in [0.05, 0.1) is 11.6 Å². The zero-order valence-electron chi connectivity index (χ0n) is 11.9. The van der Waals surface area contributed by atoms with E-state index in [2.05, 4.69) is 28.2 Å². The van der Waals surface area contributed by atoms with E-state index in [9.17, 15) is 0 Å². The van der Waals surface area contributed by atoms with E-state index < -0.39 is 0 Å². The average molecular weight is 281 g/mol. The fraction of sp³-hybridized carbons (Fsp3) is 0.714. The lowest BCUT2D eigenvalue weighted by atomic mass is 10.1. The van der Waals surface area contributed by atoms with E-state index in [1.54, 1.807) is 0 Å². The van der Waals surface area contributed by atoms with Crippen LogP contribution in [0.4, 0.5) is 0 Å². The van der Waals surface area contributed by atoms with Crippen LogP contribution in [0, 0.1) is 12.8 Å². The van der Waals surface area contributed by atoms with Crippen LogP contribution in [0.15, 0.2) is 0 Å². The van der Waals surface area contributed by atoms with Gasteiger partial charge in [0.15, 0.2) is 5.65 Å². The van der Waals surface area contributed by atoms with E-state index in [1.165, 1.54) is 19.3 Å². The van der Waals surface area contributed by atoms with Gasteiger partial charge in [0, 0.05) is 12.6 Å². The Hall–Kier alpha value is -1.03. The predicted molar refractivity (Wildman–Crippen MR) is 77.5 cm³/mol. The van der Waals surface area contributed by atoms with E-state index >= 15 is 0 Å². The van der Waals surface area contributed by atoms with E-state index in [0.717, 1.165) is 35.1 Å². The summed E-state index contributed by atoms with van der Waals surface area (Å²) in [7, 11) is 0. The molecule has 0 N–H and O–H groups in total. The quantitative estimate of drug-likeness (QED) is 0.805. The lowest BCUT2D eigenvalue weighted by Gasteiger charge is -2.16. The number of imidazole rings is 1. The normalized spacial score (nSPS) is 23.6. The van der Waals surface area contributed by atoms with Crippen molar-refractivity contribution in [3.8, 4) is 0 Å². The SMILES string of the molecule is CCn1nc(C)c2nc(CCl)n(C3CCC(C)C3)c21. The van der Waals surface area contributed by atoms with Crippen molar-refractivity contribution in [3.05, 3.63) is 11.5 Å². The van der Waals surface area contributed by atoms with Crippen molar-refractivity contribution in [2.24, 2.45) is 5.92 Å². The first-order chi connectivity index (χ1) is 9.15. The van der Waals surface area contributed by atoms with Crippen molar-refractivity contribution in [2.75, 3.05) is 0 Å². The third-order valence-corrected chi connectivity index (χ3v) is 4.51. The molecule has 1 saturated carbocycles. The molecular weight excluding hydrogens is 260 g/mol. The van der Waals surface area contributed by atoms with E-state index in [1.807, 2.05) is 6.92 Å². The Bertz CT molecular complexity index is 598. The largest absolute Gasteiger partial charge is 0.309 e. The number of rotatable bonds is 3. The minimum atomic E-state index is 0.475. The Morgan fingerprint density at radius 1 is 1.37 bits per heavy atom. The summed E-state index contributed by atoms with van der Waals surface area (Å²) in [5, 5.41) is 4.58. The lowest BCUT2D eigenvalue weighted by Crippen LogP contribution is -2.12. The molecule has 2 heterocycles. The summed E-state index contributed by atoms with van der Waals surface area (Å²) in [5.74, 6) is 2.27. The number of hydrogen-bond acceptors (Lipinski definition) is 2. The Balaban J connectivity index is 2.19. The Morgan fingerprint density at radius 3 is 2.74 bits per heavy atom. The van der Waals surface area contributed by atoms with Crippen LogP contribution in [-0.4, -0.2) is 19.3 Å². The second-order valence-corrected chi connectivity index (χ2v) is 5.94. The highest BCUT2D eigenvalue weighted by Gasteiger charge is 2.28. The first-order valence-electron chi connectivity index (χ1n) is 7.15. The van der Waals surface area contributed by atoms with E-state index in [4.69, 9.17) is 16.6 Å². The number of hydrogen-bond donors (Lipinski definition) is 0. The molecule has 2 aromatic rings. The Morgan fingerprint density at radius 2 is 2.16 bits per heavy atom. The van der Waals surface area contributed by atoms with Gasteiger partial charge in [-0.1, -0.05) is 6.92 Å². The second kappa shape index (κ2) is 4.82. The third-order valence-electron chi connectivity index (χ3n) is 4.27. The standard InChI is InChI=1S/C14H21ClN4/c1-4-18-14-13(10(3)17-18)16-12(8-15)19(14)11-6-5-9(2)7-11/h9,11H,4-8H2,1-3H3. The molecule has 5 heteroatoms. The second-order valence-electron chi connectivity index (χ2n) is 5.68. The summed E-state index contributed by atoms with van der Waals surface area (Å²) in [6, 6.07) is 0.537. The minimum Gasteiger partial charge on any atom is -0.309 e. The maximum atomic E-state index is 6.11. The summed E-state index contributed by atoms with van der Waals surface area (Å²) >= 11 is 6.11. The first-order valence-corrected chi connectivity index (χ1v) is 7.69. The predicted octanol–water partition coefficient (Wildman–Crippen LogP) is 3.66. The number of nitrogens with zero attached hydrogens (tertiary/aromatic N) is 4. The molecule has 0 amide bonds. The third kappa shape index (κ3) is 1.97. The van der Waals surface area contributed by atoms with Crippen molar-refractivity contribution in [1.29, 1.82) is 0 Å². The lowest BCUT2D eigenvalue weighted by molar-refractivity contribution is 0.481. The maximum Gasteiger partial charge on any atom is 0.159 e. The molecule has 0 aromatic carbocycles. The topological polar surface area (TPSA) is 35.6 Å². The van der Waals surface area contributed by atoms with Gasteiger partial charge in [0.25, 0.3) is 0 Å². The van der Waals surface area contributed by atoms with Crippen LogP contribution in [0.3, 0.4) is 0 Å². The highest BCUT2D eigenvalue weighted by molar-refractivity contribution is 6.16. The van der Waals surface area contributed by atoms with Gasteiger partial charge in [-0.15, -0.1) is 11.6 Å². The zero-order valence-corrected chi connectivity index (χ0v) is 12.6. The van der Waals surface area contributed by atoms with E-state index in [-0.39, 0.29) is 0 Å². The summed E-state index contributed by atoms with van der Waals surface area (Å²) in [6.45, 7) is 7.36. The molecule has 2 unspecified atom stereocenters. The first kappa shape index (κ1) is 13.0. The maximum absolute atomic E-state index is 6.11. The molecule has 104 valence electrons. The van der Waals surface area contributed by atoms with E-state index in [0.29, 0.717) is 11.9 Å². The molecular formula is C14H21ClN4. The molecule has 1 aliphatic carbocycles. The van der Waals surface area contributed by atoms with Gasteiger partial charge in [-0.3, -0.25) is 0 Å². The Labute approximate surface area is 118 Å². The van der Waals surface area contributed by atoms with Crippen LogP contribution in [0.2, 0.25) is 0 Å². The minimum absolute atomic E-state index is 0.475. The highest BCUT2D eigenvalue weighted by Crippen LogP contribution is 2.37. The molecule has 1 fully saturated rings. The molecule has 0 spiro atoms. The number of aromatic nitrogens is 4. The monoisotopic (exact) mass is 280 g/mol. The van der Waals surface area contributed by atoms with Crippen molar-refractivity contribution >= 4 is 22.8 Å². The van der Waals surface area contributed by atoms with Crippen molar-refractivity contribution in [2.45, 2.75) is 58.5 Å². The molecule has 0 aliphatic heterocycles. The smallest absolute Gasteiger partial charge is 0.159 e. The molecule has 0 radical (unpaired) electrons. The molecule has 1 aliphatic rings. The van der Waals surface area contributed by atoms with Gasteiger partial charge in [0.1, 0.15) is 11.3 Å². The fourth-order valence-corrected chi connectivity index (χ4v) is 3.53. The van der Waals surface area contributed by atoms with Gasteiger partial charge in [-0.05, 0) is 39.0 Å². The number of aryl methyl sites for hydroxylation is 2. The van der Waals surface area contributed by atoms with Crippen molar-refractivity contribution < 1.29 is 0 Å². The molecule has 3 rings (SSSR count). The molecule has 19 heavy (non-hydrogen) atoms. The van der Waals surface area contributed by atoms with Crippen LogP contribution in [0.1, 0.15) is 50.7 Å². The molecule has 4 nitrogen and oxygen atoms in total. The van der Waals surface area contributed by atoms with Crippen LogP contribution < -0.4 is 0 Å². The van der Waals surface area contributed by atoms with Crippen LogP contribution >= 0.6 is 11.6 Å². The highest BCUT2D eigenvalue weighted by atomic mass is 35.5. The van der Waals surface area contributed by atoms with Gasteiger partial charge >= 0.3 is 0 Å². The van der Waals surface area contributed by atoms with Crippen LogP contribution in [0.5, 0.6) is 0 Å². The summed E-state index contributed by atoms with van der Waals surface area (Å²) in [6.07, 6.45) is 3.75. The zero-order chi connectivity index (χ0) is 13.6. The van der Waals surface area contributed by atoms with Gasteiger partial charge < -0.3 is 4.57 Å². The Kier molecular flexibility index (Phi) is 3.29. The van der Waals surface area contributed by atoms with Gasteiger partial charge in [-0.2, -0.15) is 5.10 Å². The summed E-state index contributed by atoms with van der Waals surface area (Å²) < 4.78 is 4.42. The molecule has 0 bridgehead atoms. The van der Waals surface area contributed by atoms with Gasteiger partial charge in [0.2, 0.25) is 0 Å². The number of halogens is 1. The number of fused-ring (bicyclic) bond motifs is 1. The van der Waals surface area contributed by atoms with Crippen molar-refractivity contribution in [3.63, 3.8) is 0 Å². The molecule has 2 aromatic heterocycles. The average Bonchev–Trinajstić information content (AvgIpc) is 3.04.